The van der Waals surface area contributed by atoms with Crippen LogP contribution in [-0.4, -0.2) is 19.2 Å². The van der Waals surface area contributed by atoms with Crippen molar-refractivity contribution in [2.24, 2.45) is 0 Å². The smallest absolute Gasteiger partial charge is 0.126 e. The van der Waals surface area contributed by atoms with Crippen LogP contribution in [0, 0.1) is 5.82 Å². The molecule has 4 heteroatoms. The highest BCUT2D eigenvalue weighted by atomic mass is 35.5. The van der Waals surface area contributed by atoms with E-state index < -0.39 is 0 Å². The number of hydrogen-bond donors (Lipinski definition) is 1. The van der Waals surface area contributed by atoms with Crippen LogP contribution in [0.1, 0.15) is 12.8 Å². The normalized spacial score (nSPS) is 19.7. The fourth-order valence-corrected chi connectivity index (χ4v) is 1.65. The van der Waals surface area contributed by atoms with Crippen LogP contribution in [0.5, 0.6) is 5.75 Å². The molecule has 0 unspecified atom stereocenters. The van der Waals surface area contributed by atoms with Gasteiger partial charge in [-0.25, -0.2) is 4.39 Å². The number of benzene rings is 1. The van der Waals surface area contributed by atoms with Crippen molar-refractivity contribution in [1.29, 1.82) is 0 Å². The molecule has 1 atom stereocenters. The van der Waals surface area contributed by atoms with Crippen LogP contribution in [0.3, 0.4) is 0 Å². The second-order valence-electron chi connectivity index (χ2n) is 3.56. The molecular weight excluding hydrogens is 217 g/mol. The van der Waals surface area contributed by atoms with Gasteiger partial charge >= 0.3 is 0 Å². The molecule has 0 amide bonds. The molecule has 1 aliphatic rings. The maximum atomic E-state index is 12.8. The largest absolute Gasteiger partial charge is 0.492 e. The summed E-state index contributed by atoms with van der Waals surface area (Å²) in [5.74, 6) is 0.362. The van der Waals surface area contributed by atoms with Gasteiger partial charge in [0.25, 0.3) is 0 Å². The van der Waals surface area contributed by atoms with Crippen LogP contribution in [0.25, 0.3) is 0 Å². The molecule has 0 spiro atoms. The van der Waals surface area contributed by atoms with Crippen LogP contribution in [0.15, 0.2) is 24.3 Å². The van der Waals surface area contributed by atoms with Crippen molar-refractivity contribution in [3.05, 3.63) is 30.1 Å². The minimum atomic E-state index is -0.248. The third-order valence-electron chi connectivity index (χ3n) is 2.41. The van der Waals surface area contributed by atoms with E-state index in [2.05, 4.69) is 5.32 Å². The Labute approximate surface area is 95.2 Å². The third-order valence-corrected chi connectivity index (χ3v) is 2.41. The minimum Gasteiger partial charge on any atom is -0.492 e. The monoisotopic (exact) mass is 231 g/mol. The number of hydrogen-bond acceptors (Lipinski definition) is 2. The van der Waals surface area contributed by atoms with E-state index in [1.165, 1.54) is 18.6 Å². The number of rotatable bonds is 3. The van der Waals surface area contributed by atoms with E-state index >= 15 is 0 Å². The molecular formula is C11H15ClFNO. The predicted octanol–water partition coefficient (Wildman–Crippen LogP) is 2.38. The standard InChI is InChI=1S/C11H14FNO.ClH/c12-9-3-1-5-11(7-9)14-8-10-4-2-6-13-10;/h1,3,5,7,10,13H,2,4,6,8H2;1H/t10-;/m0./s1. The first-order valence-electron chi connectivity index (χ1n) is 4.96. The van der Waals surface area contributed by atoms with E-state index in [1.54, 1.807) is 12.1 Å². The van der Waals surface area contributed by atoms with E-state index in [9.17, 15) is 4.39 Å². The molecule has 0 radical (unpaired) electrons. The number of ether oxygens (including phenoxy) is 1. The van der Waals surface area contributed by atoms with E-state index in [0.29, 0.717) is 18.4 Å². The highest BCUT2D eigenvalue weighted by Crippen LogP contribution is 2.13. The van der Waals surface area contributed by atoms with Crippen molar-refractivity contribution in [2.45, 2.75) is 18.9 Å². The van der Waals surface area contributed by atoms with Gasteiger partial charge in [0.15, 0.2) is 0 Å². The Morgan fingerprint density at radius 1 is 1.47 bits per heavy atom. The van der Waals surface area contributed by atoms with Gasteiger partial charge in [0.05, 0.1) is 0 Å². The van der Waals surface area contributed by atoms with Gasteiger partial charge in [0.1, 0.15) is 18.2 Å². The topological polar surface area (TPSA) is 21.3 Å². The van der Waals surface area contributed by atoms with Gasteiger partial charge in [-0.3, -0.25) is 0 Å². The first-order chi connectivity index (χ1) is 6.84. The van der Waals surface area contributed by atoms with Gasteiger partial charge < -0.3 is 10.1 Å². The van der Waals surface area contributed by atoms with Crippen LogP contribution >= 0.6 is 12.4 Å². The van der Waals surface area contributed by atoms with Crippen molar-refractivity contribution < 1.29 is 9.13 Å². The zero-order chi connectivity index (χ0) is 9.80. The molecule has 2 nitrogen and oxygen atoms in total. The van der Waals surface area contributed by atoms with Crippen LogP contribution < -0.4 is 10.1 Å². The Kier molecular flexibility index (Phi) is 4.85. The molecule has 0 bridgehead atoms. The lowest BCUT2D eigenvalue weighted by molar-refractivity contribution is 0.276. The number of halogens is 2. The Balaban J connectivity index is 0.00000112. The van der Waals surface area contributed by atoms with Gasteiger partial charge in [-0.15, -0.1) is 12.4 Å². The van der Waals surface area contributed by atoms with Crippen molar-refractivity contribution >= 4 is 12.4 Å². The molecule has 1 aromatic rings. The summed E-state index contributed by atoms with van der Waals surface area (Å²) in [6.45, 7) is 1.70. The van der Waals surface area contributed by atoms with Crippen molar-refractivity contribution in [3.63, 3.8) is 0 Å². The summed E-state index contributed by atoms with van der Waals surface area (Å²) < 4.78 is 18.2. The van der Waals surface area contributed by atoms with E-state index in [1.807, 2.05) is 0 Å². The van der Waals surface area contributed by atoms with Gasteiger partial charge in [0, 0.05) is 12.1 Å². The lowest BCUT2D eigenvalue weighted by Crippen LogP contribution is -2.28. The Morgan fingerprint density at radius 2 is 2.33 bits per heavy atom. The third kappa shape index (κ3) is 3.68. The van der Waals surface area contributed by atoms with Crippen molar-refractivity contribution in [1.82, 2.24) is 5.32 Å². The molecule has 1 saturated heterocycles. The van der Waals surface area contributed by atoms with Crippen LogP contribution in [-0.2, 0) is 0 Å². The first-order valence-corrected chi connectivity index (χ1v) is 4.96. The summed E-state index contributed by atoms with van der Waals surface area (Å²) in [6, 6.07) is 6.69. The zero-order valence-electron chi connectivity index (χ0n) is 8.41. The molecule has 84 valence electrons. The number of nitrogens with one attached hydrogen (secondary N) is 1. The summed E-state index contributed by atoms with van der Waals surface area (Å²) in [5, 5.41) is 3.32. The predicted molar refractivity (Wildman–Crippen MR) is 60.2 cm³/mol. The molecule has 15 heavy (non-hydrogen) atoms. The maximum absolute atomic E-state index is 12.8. The van der Waals surface area contributed by atoms with E-state index in [-0.39, 0.29) is 18.2 Å². The van der Waals surface area contributed by atoms with Gasteiger partial charge in [-0.05, 0) is 31.5 Å². The maximum Gasteiger partial charge on any atom is 0.126 e. The summed E-state index contributed by atoms with van der Waals surface area (Å²) >= 11 is 0. The summed E-state index contributed by atoms with van der Waals surface area (Å²) in [4.78, 5) is 0. The second-order valence-corrected chi connectivity index (χ2v) is 3.56. The van der Waals surface area contributed by atoms with E-state index in [0.717, 1.165) is 13.0 Å². The molecule has 1 fully saturated rings. The molecule has 0 aliphatic carbocycles. The summed E-state index contributed by atoms with van der Waals surface area (Å²) in [7, 11) is 0. The quantitative estimate of drug-likeness (QED) is 0.863. The Hall–Kier alpha value is -0.800. The zero-order valence-corrected chi connectivity index (χ0v) is 9.23. The molecule has 1 heterocycles. The molecule has 1 aromatic carbocycles. The minimum absolute atomic E-state index is 0. The van der Waals surface area contributed by atoms with E-state index in [4.69, 9.17) is 4.74 Å². The lowest BCUT2D eigenvalue weighted by Gasteiger charge is -2.11. The average Bonchev–Trinajstić information content (AvgIpc) is 2.67. The fourth-order valence-electron chi connectivity index (χ4n) is 1.65. The van der Waals surface area contributed by atoms with Crippen molar-refractivity contribution in [2.75, 3.05) is 13.2 Å². The molecule has 2 rings (SSSR count). The van der Waals surface area contributed by atoms with Gasteiger partial charge in [0.2, 0.25) is 0 Å². The average molecular weight is 232 g/mol. The molecule has 0 aromatic heterocycles. The Morgan fingerprint density at radius 3 is 3.00 bits per heavy atom. The molecule has 1 aliphatic heterocycles. The van der Waals surface area contributed by atoms with Crippen LogP contribution in [0.2, 0.25) is 0 Å². The molecule has 1 N–H and O–H groups in total. The first kappa shape index (κ1) is 12.3. The van der Waals surface area contributed by atoms with Crippen LogP contribution in [0.4, 0.5) is 4.39 Å². The summed E-state index contributed by atoms with van der Waals surface area (Å²) in [5.41, 5.74) is 0. The highest BCUT2D eigenvalue weighted by molar-refractivity contribution is 5.85. The van der Waals surface area contributed by atoms with Crippen molar-refractivity contribution in [3.8, 4) is 5.75 Å². The fraction of sp³-hybridized carbons (Fsp3) is 0.455. The lowest BCUT2D eigenvalue weighted by atomic mass is 10.2. The summed E-state index contributed by atoms with van der Waals surface area (Å²) in [6.07, 6.45) is 2.35. The SMILES string of the molecule is Cl.Fc1cccc(OC[C@@H]2CCCN2)c1. The van der Waals surface area contributed by atoms with Gasteiger partial charge in [-0.2, -0.15) is 0 Å². The Bertz CT molecular complexity index is 302. The van der Waals surface area contributed by atoms with Gasteiger partial charge in [-0.1, -0.05) is 6.07 Å². The highest BCUT2D eigenvalue weighted by Gasteiger charge is 2.14. The second kappa shape index (κ2) is 5.93. The molecule has 0 saturated carbocycles.